The Morgan fingerprint density at radius 2 is 1.56 bits per heavy atom. The molecule has 0 spiro atoms. The summed E-state index contributed by atoms with van der Waals surface area (Å²) in [7, 11) is 0. The number of carbonyl (C=O) groups excluding carboxylic acids is 1. The van der Waals surface area contributed by atoms with Crippen molar-refractivity contribution in [1.29, 1.82) is 0 Å². The quantitative estimate of drug-likeness (QED) is 0.168. The summed E-state index contributed by atoms with van der Waals surface area (Å²) in [5.74, 6) is -1.34. The fraction of sp³-hybridized carbons (Fsp3) is 0.441. The SMILES string of the molecule is CCCC(CCCO)Cc1cccc(C(=O)N[C@@H](Cc2cc(F)cc(F)c2)[C@@H](O)CNCc2cccc(CC)c2)c1. The minimum Gasteiger partial charge on any atom is -0.396 e. The number of amides is 1. The Balaban J connectivity index is 1.72. The first kappa shape index (κ1) is 32.4. The lowest BCUT2D eigenvalue weighted by atomic mass is 9.90. The predicted octanol–water partition coefficient (Wildman–Crippen LogP) is 5.75. The summed E-state index contributed by atoms with van der Waals surface area (Å²) in [4.78, 5) is 13.4. The van der Waals surface area contributed by atoms with E-state index >= 15 is 0 Å². The van der Waals surface area contributed by atoms with Crippen LogP contribution in [0.1, 0.15) is 72.1 Å². The third kappa shape index (κ3) is 11.0. The Bertz CT molecular complexity index is 1220. The van der Waals surface area contributed by atoms with Gasteiger partial charge in [0, 0.05) is 31.3 Å². The number of nitrogens with one attached hydrogen (secondary N) is 2. The molecule has 0 heterocycles. The van der Waals surface area contributed by atoms with E-state index in [-0.39, 0.29) is 25.5 Å². The van der Waals surface area contributed by atoms with E-state index in [0.717, 1.165) is 55.7 Å². The fourth-order valence-corrected chi connectivity index (χ4v) is 5.29. The van der Waals surface area contributed by atoms with Gasteiger partial charge in [0.25, 0.3) is 5.91 Å². The maximum Gasteiger partial charge on any atom is 0.251 e. The van der Waals surface area contributed by atoms with E-state index in [0.29, 0.717) is 23.6 Å². The average molecular weight is 567 g/mol. The van der Waals surface area contributed by atoms with Crippen molar-refractivity contribution in [1.82, 2.24) is 10.6 Å². The number of aliphatic hydroxyl groups excluding tert-OH is 2. The molecule has 1 unspecified atom stereocenters. The van der Waals surface area contributed by atoms with Crippen molar-refractivity contribution < 1.29 is 23.8 Å². The number of aryl methyl sites for hydroxylation is 1. The van der Waals surface area contributed by atoms with E-state index in [9.17, 15) is 23.8 Å². The summed E-state index contributed by atoms with van der Waals surface area (Å²) in [5, 5.41) is 26.5. The Kier molecular flexibility index (Phi) is 13.4. The van der Waals surface area contributed by atoms with Gasteiger partial charge >= 0.3 is 0 Å². The molecule has 3 aromatic carbocycles. The van der Waals surface area contributed by atoms with Gasteiger partial charge in [-0.15, -0.1) is 0 Å². The number of aliphatic hydroxyl groups is 2. The van der Waals surface area contributed by atoms with Crippen LogP contribution in [0.25, 0.3) is 0 Å². The van der Waals surface area contributed by atoms with Crippen LogP contribution in [0.15, 0.2) is 66.7 Å². The van der Waals surface area contributed by atoms with Gasteiger partial charge in [-0.05, 0) is 84.5 Å². The molecule has 0 aliphatic rings. The Morgan fingerprint density at radius 1 is 0.854 bits per heavy atom. The van der Waals surface area contributed by atoms with Crippen LogP contribution in [0.3, 0.4) is 0 Å². The molecule has 0 radical (unpaired) electrons. The highest BCUT2D eigenvalue weighted by atomic mass is 19.1. The van der Waals surface area contributed by atoms with E-state index in [1.165, 1.54) is 17.7 Å². The average Bonchev–Trinajstić information content (AvgIpc) is 2.95. The van der Waals surface area contributed by atoms with Gasteiger partial charge in [0.15, 0.2) is 0 Å². The molecule has 222 valence electrons. The van der Waals surface area contributed by atoms with Crippen molar-refractivity contribution >= 4 is 5.91 Å². The number of halogens is 2. The molecule has 3 rings (SSSR count). The summed E-state index contributed by atoms with van der Waals surface area (Å²) < 4.78 is 27.8. The molecule has 0 saturated carbocycles. The van der Waals surface area contributed by atoms with Crippen molar-refractivity contribution in [3.8, 4) is 0 Å². The number of hydrogen-bond acceptors (Lipinski definition) is 4. The summed E-state index contributed by atoms with van der Waals surface area (Å²) in [6.07, 6.45) is 4.57. The van der Waals surface area contributed by atoms with Crippen LogP contribution in [0.5, 0.6) is 0 Å². The van der Waals surface area contributed by atoms with Crippen LogP contribution >= 0.6 is 0 Å². The van der Waals surface area contributed by atoms with E-state index in [1.54, 1.807) is 6.07 Å². The van der Waals surface area contributed by atoms with E-state index in [1.807, 2.05) is 30.3 Å². The van der Waals surface area contributed by atoms with Crippen LogP contribution in [-0.2, 0) is 25.8 Å². The van der Waals surface area contributed by atoms with Gasteiger partial charge in [-0.25, -0.2) is 8.78 Å². The summed E-state index contributed by atoms with van der Waals surface area (Å²) in [5.41, 5.74) is 4.16. The molecule has 3 aromatic rings. The second-order valence-electron chi connectivity index (χ2n) is 10.9. The first-order valence-electron chi connectivity index (χ1n) is 14.7. The van der Waals surface area contributed by atoms with Crippen LogP contribution in [0.2, 0.25) is 0 Å². The number of rotatable bonds is 17. The monoisotopic (exact) mass is 566 g/mol. The van der Waals surface area contributed by atoms with Crippen LogP contribution in [0.4, 0.5) is 8.78 Å². The van der Waals surface area contributed by atoms with Crippen molar-refractivity contribution in [2.45, 2.75) is 77.5 Å². The number of carbonyl (C=O) groups is 1. The van der Waals surface area contributed by atoms with Crippen molar-refractivity contribution in [3.63, 3.8) is 0 Å². The minimum atomic E-state index is -1.00. The highest BCUT2D eigenvalue weighted by Crippen LogP contribution is 2.20. The fourth-order valence-electron chi connectivity index (χ4n) is 5.29. The Morgan fingerprint density at radius 3 is 2.27 bits per heavy atom. The zero-order valence-electron chi connectivity index (χ0n) is 24.2. The van der Waals surface area contributed by atoms with Gasteiger partial charge < -0.3 is 20.8 Å². The van der Waals surface area contributed by atoms with Crippen LogP contribution in [-0.4, -0.2) is 41.4 Å². The normalized spacial score (nSPS) is 13.5. The summed E-state index contributed by atoms with van der Waals surface area (Å²) >= 11 is 0. The van der Waals surface area contributed by atoms with E-state index in [4.69, 9.17) is 0 Å². The Hall–Kier alpha value is -3.13. The third-order valence-electron chi connectivity index (χ3n) is 7.42. The molecule has 7 heteroatoms. The second kappa shape index (κ2) is 17.0. The standard InChI is InChI=1S/C34H44F2N2O3/c1-3-8-25(12-7-14-39)16-26-10-6-13-29(17-26)34(41)38-32(20-28-18-30(35)21-31(36)19-28)33(40)23-37-22-27-11-5-9-24(4-2)15-27/h5-6,9-11,13,15,17-19,21,25,32-33,37,39-40H,3-4,7-8,12,14,16,20,22-23H2,1-2H3,(H,38,41)/t25?,32-,33-/m0/s1. The summed E-state index contributed by atoms with van der Waals surface area (Å²) in [6.45, 7) is 5.12. The highest BCUT2D eigenvalue weighted by molar-refractivity contribution is 5.94. The zero-order valence-corrected chi connectivity index (χ0v) is 24.2. The van der Waals surface area contributed by atoms with E-state index < -0.39 is 23.8 Å². The molecule has 4 N–H and O–H groups in total. The van der Waals surface area contributed by atoms with Gasteiger partial charge in [-0.3, -0.25) is 4.79 Å². The molecule has 0 fully saturated rings. The molecule has 0 saturated heterocycles. The largest absolute Gasteiger partial charge is 0.396 e. The minimum absolute atomic E-state index is 0.0635. The lowest BCUT2D eigenvalue weighted by Gasteiger charge is -2.25. The summed E-state index contributed by atoms with van der Waals surface area (Å²) in [6, 6.07) is 18.1. The van der Waals surface area contributed by atoms with Gasteiger partial charge in [0.2, 0.25) is 0 Å². The molecule has 3 atom stereocenters. The van der Waals surface area contributed by atoms with Gasteiger partial charge in [-0.2, -0.15) is 0 Å². The maximum absolute atomic E-state index is 13.9. The highest BCUT2D eigenvalue weighted by Gasteiger charge is 2.23. The molecule has 41 heavy (non-hydrogen) atoms. The van der Waals surface area contributed by atoms with Crippen molar-refractivity contribution in [2.75, 3.05) is 13.2 Å². The van der Waals surface area contributed by atoms with E-state index in [2.05, 4.69) is 36.6 Å². The molecular formula is C34H44F2N2O3. The third-order valence-corrected chi connectivity index (χ3v) is 7.42. The number of hydrogen-bond donors (Lipinski definition) is 4. The second-order valence-corrected chi connectivity index (χ2v) is 10.9. The van der Waals surface area contributed by atoms with Gasteiger partial charge in [0.05, 0.1) is 12.1 Å². The lowest BCUT2D eigenvalue weighted by Crippen LogP contribution is -2.48. The number of benzene rings is 3. The van der Waals surface area contributed by atoms with Crippen LogP contribution in [0, 0.1) is 17.6 Å². The smallest absolute Gasteiger partial charge is 0.251 e. The van der Waals surface area contributed by atoms with Gasteiger partial charge in [0.1, 0.15) is 11.6 Å². The first-order valence-corrected chi connectivity index (χ1v) is 14.7. The molecule has 5 nitrogen and oxygen atoms in total. The molecule has 0 aliphatic carbocycles. The van der Waals surface area contributed by atoms with Crippen molar-refractivity contribution in [3.05, 3.63) is 106 Å². The first-order chi connectivity index (χ1) is 19.8. The molecule has 0 aliphatic heterocycles. The Labute approximate surface area is 243 Å². The lowest BCUT2D eigenvalue weighted by molar-refractivity contribution is 0.0829. The molecule has 1 amide bonds. The molecule has 0 aromatic heterocycles. The van der Waals surface area contributed by atoms with Gasteiger partial charge in [-0.1, -0.05) is 63.1 Å². The zero-order chi connectivity index (χ0) is 29.6. The topological polar surface area (TPSA) is 81.6 Å². The predicted molar refractivity (Wildman–Crippen MR) is 160 cm³/mol. The molecule has 0 bridgehead atoms. The van der Waals surface area contributed by atoms with Crippen molar-refractivity contribution in [2.24, 2.45) is 5.92 Å². The van der Waals surface area contributed by atoms with Crippen LogP contribution < -0.4 is 10.6 Å². The maximum atomic E-state index is 13.9. The molecular weight excluding hydrogens is 522 g/mol.